The van der Waals surface area contributed by atoms with Crippen molar-refractivity contribution in [2.75, 3.05) is 5.32 Å². The summed E-state index contributed by atoms with van der Waals surface area (Å²) in [6.45, 7) is 0. The fourth-order valence-electron chi connectivity index (χ4n) is 3.46. The molecule has 1 atom stereocenters. The number of fused-ring (bicyclic) bond motifs is 1. The Kier molecular flexibility index (Phi) is 3.92. The molecule has 1 unspecified atom stereocenters. The summed E-state index contributed by atoms with van der Waals surface area (Å²) in [5.41, 5.74) is 1.46. The first-order valence-corrected chi connectivity index (χ1v) is 8.28. The first kappa shape index (κ1) is 16.8. The van der Waals surface area contributed by atoms with Crippen LogP contribution in [0.2, 0.25) is 0 Å². The van der Waals surface area contributed by atoms with Crippen LogP contribution in [-0.2, 0) is 4.79 Å². The number of carbonyl (C=O) groups is 2. The number of carboxylic acids is 1. The van der Waals surface area contributed by atoms with Crippen molar-refractivity contribution in [1.29, 1.82) is 0 Å². The Hall–Kier alpha value is -3.61. The molecule has 0 radical (unpaired) electrons. The minimum Gasteiger partial charge on any atom is -0.508 e. The molecule has 27 heavy (non-hydrogen) atoms. The first-order valence-electron chi connectivity index (χ1n) is 8.28. The zero-order chi connectivity index (χ0) is 19.1. The van der Waals surface area contributed by atoms with Crippen molar-refractivity contribution in [3.63, 3.8) is 0 Å². The van der Waals surface area contributed by atoms with Crippen LogP contribution in [0, 0.1) is 5.82 Å². The molecule has 7 heteroatoms. The van der Waals surface area contributed by atoms with E-state index in [0.29, 0.717) is 5.69 Å². The van der Waals surface area contributed by atoms with Gasteiger partial charge < -0.3 is 20.1 Å². The maximum atomic E-state index is 14.4. The molecule has 3 aromatic rings. The number of phenolic OH excluding ortho intramolecular Hbond substituents is 1. The number of anilines is 1. The number of amides is 1. The molecule has 0 saturated heterocycles. The molecule has 136 valence electrons. The largest absolute Gasteiger partial charge is 0.508 e. The van der Waals surface area contributed by atoms with Gasteiger partial charge in [-0.3, -0.25) is 4.79 Å². The predicted octanol–water partition coefficient (Wildman–Crippen LogP) is 3.49. The lowest BCUT2D eigenvalue weighted by Gasteiger charge is -2.26. The van der Waals surface area contributed by atoms with Gasteiger partial charge in [-0.05, 0) is 29.8 Å². The highest BCUT2D eigenvalue weighted by Gasteiger charge is 2.34. The van der Waals surface area contributed by atoms with Crippen molar-refractivity contribution in [3.05, 3.63) is 77.4 Å². The number of para-hydroxylation sites is 1. The Morgan fingerprint density at radius 3 is 2.52 bits per heavy atom. The number of phenols is 1. The normalized spacial score (nSPS) is 15.9. The number of nitrogens with zero attached hydrogens (tertiary/aromatic N) is 1. The van der Waals surface area contributed by atoms with Crippen LogP contribution in [0.3, 0.4) is 0 Å². The Morgan fingerprint density at radius 2 is 1.85 bits per heavy atom. The van der Waals surface area contributed by atoms with Crippen molar-refractivity contribution < 1.29 is 24.2 Å². The molecule has 2 aromatic carbocycles. The van der Waals surface area contributed by atoms with Crippen LogP contribution in [-0.4, -0.2) is 26.7 Å². The molecular formula is C20H15FN2O4. The van der Waals surface area contributed by atoms with E-state index in [-0.39, 0.29) is 35.0 Å². The Balaban J connectivity index is 1.99. The van der Waals surface area contributed by atoms with Gasteiger partial charge in [0.2, 0.25) is 5.91 Å². The van der Waals surface area contributed by atoms with E-state index in [1.807, 2.05) is 0 Å². The second kappa shape index (κ2) is 6.28. The Bertz CT molecular complexity index is 1060. The van der Waals surface area contributed by atoms with Gasteiger partial charge in [-0.2, -0.15) is 0 Å². The van der Waals surface area contributed by atoms with Gasteiger partial charge in [-0.15, -0.1) is 0 Å². The van der Waals surface area contributed by atoms with Crippen LogP contribution in [0.5, 0.6) is 5.75 Å². The summed E-state index contributed by atoms with van der Waals surface area (Å²) in [6.07, 6.45) is 1.40. The number of aromatic hydroxyl groups is 1. The number of hydrogen-bond donors (Lipinski definition) is 3. The Labute approximate surface area is 153 Å². The molecule has 0 saturated carbocycles. The lowest BCUT2D eigenvalue weighted by atomic mass is 9.88. The number of hydrogen-bond acceptors (Lipinski definition) is 3. The highest BCUT2D eigenvalue weighted by Crippen LogP contribution is 2.42. The van der Waals surface area contributed by atoms with Crippen LogP contribution in [0.4, 0.5) is 10.1 Å². The van der Waals surface area contributed by atoms with Crippen molar-refractivity contribution in [2.45, 2.75) is 12.3 Å². The molecule has 3 N–H and O–H groups in total. The van der Waals surface area contributed by atoms with Gasteiger partial charge in [0.05, 0.1) is 17.1 Å². The summed E-state index contributed by atoms with van der Waals surface area (Å²) in [5.74, 6) is -2.45. The van der Waals surface area contributed by atoms with E-state index in [1.165, 1.54) is 29.0 Å². The molecule has 1 aliphatic heterocycles. The van der Waals surface area contributed by atoms with Crippen molar-refractivity contribution >= 4 is 17.6 Å². The van der Waals surface area contributed by atoms with Crippen LogP contribution < -0.4 is 5.32 Å². The first-order chi connectivity index (χ1) is 13.0. The molecule has 0 fully saturated rings. The third-order valence-corrected chi connectivity index (χ3v) is 4.67. The van der Waals surface area contributed by atoms with Crippen LogP contribution in [0.25, 0.3) is 5.69 Å². The number of nitrogens with one attached hydrogen (secondary N) is 1. The number of aromatic nitrogens is 1. The standard InChI is InChI=1S/C20H15FN2O4/c21-15-3-1-2-4-16(15)23-10-14(20(26)27)18-19(23)13(9-17(25)22-18)11-5-7-12(24)8-6-11/h1-8,10,13,24H,9H2,(H,22,25)(H,26,27). The fourth-order valence-corrected chi connectivity index (χ4v) is 3.46. The van der Waals surface area contributed by atoms with Gasteiger partial charge in [-0.25, -0.2) is 9.18 Å². The molecule has 6 nitrogen and oxygen atoms in total. The van der Waals surface area contributed by atoms with E-state index in [1.54, 1.807) is 30.3 Å². The molecule has 2 heterocycles. The smallest absolute Gasteiger partial charge is 0.339 e. The molecule has 0 aliphatic carbocycles. The zero-order valence-corrected chi connectivity index (χ0v) is 14.0. The minimum absolute atomic E-state index is 0.0787. The van der Waals surface area contributed by atoms with E-state index >= 15 is 0 Å². The van der Waals surface area contributed by atoms with E-state index in [9.17, 15) is 24.2 Å². The van der Waals surface area contributed by atoms with E-state index in [2.05, 4.69) is 5.32 Å². The van der Waals surface area contributed by atoms with Gasteiger partial charge in [0.25, 0.3) is 0 Å². The lowest BCUT2D eigenvalue weighted by molar-refractivity contribution is -0.116. The van der Waals surface area contributed by atoms with Crippen molar-refractivity contribution in [1.82, 2.24) is 4.57 Å². The average molecular weight is 366 g/mol. The summed E-state index contributed by atoms with van der Waals surface area (Å²) < 4.78 is 15.9. The molecule has 1 amide bonds. The third-order valence-electron chi connectivity index (χ3n) is 4.67. The molecular weight excluding hydrogens is 351 g/mol. The maximum Gasteiger partial charge on any atom is 0.339 e. The quantitative estimate of drug-likeness (QED) is 0.662. The maximum absolute atomic E-state index is 14.4. The van der Waals surface area contributed by atoms with Gasteiger partial charge in [0, 0.05) is 18.5 Å². The Morgan fingerprint density at radius 1 is 1.15 bits per heavy atom. The zero-order valence-electron chi connectivity index (χ0n) is 14.0. The minimum atomic E-state index is -1.21. The predicted molar refractivity (Wildman–Crippen MR) is 95.9 cm³/mol. The van der Waals surface area contributed by atoms with Gasteiger partial charge >= 0.3 is 5.97 Å². The summed E-state index contributed by atoms with van der Waals surface area (Å²) in [4.78, 5) is 23.9. The van der Waals surface area contributed by atoms with E-state index < -0.39 is 17.7 Å². The van der Waals surface area contributed by atoms with Crippen molar-refractivity contribution in [2.24, 2.45) is 0 Å². The highest BCUT2D eigenvalue weighted by molar-refractivity contribution is 6.04. The number of carbonyl (C=O) groups excluding carboxylic acids is 1. The summed E-state index contributed by atoms with van der Waals surface area (Å²) in [5, 5.41) is 21.7. The van der Waals surface area contributed by atoms with E-state index in [4.69, 9.17) is 0 Å². The number of rotatable bonds is 3. The number of carboxylic acid groups (broad SMARTS) is 1. The van der Waals surface area contributed by atoms with Gasteiger partial charge in [-0.1, -0.05) is 24.3 Å². The summed E-state index contributed by atoms with van der Waals surface area (Å²) in [7, 11) is 0. The van der Waals surface area contributed by atoms with Crippen LogP contribution in [0.1, 0.15) is 34.0 Å². The molecule has 0 bridgehead atoms. The number of benzene rings is 2. The molecule has 1 aliphatic rings. The number of aromatic carboxylic acids is 1. The van der Waals surface area contributed by atoms with E-state index in [0.717, 1.165) is 5.56 Å². The number of halogens is 1. The van der Waals surface area contributed by atoms with Crippen LogP contribution in [0.15, 0.2) is 54.7 Å². The summed E-state index contributed by atoms with van der Waals surface area (Å²) in [6, 6.07) is 12.4. The molecule has 1 aromatic heterocycles. The topological polar surface area (TPSA) is 91.6 Å². The molecule has 0 spiro atoms. The average Bonchev–Trinajstić information content (AvgIpc) is 3.01. The van der Waals surface area contributed by atoms with Gasteiger partial charge in [0.1, 0.15) is 17.1 Å². The SMILES string of the molecule is O=C1CC(c2ccc(O)cc2)c2c(c(C(=O)O)cn2-c2ccccc2F)N1. The van der Waals surface area contributed by atoms with Crippen LogP contribution >= 0.6 is 0 Å². The highest BCUT2D eigenvalue weighted by atomic mass is 19.1. The lowest BCUT2D eigenvalue weighted by Crippen LogP contribution is -2.25. The third kappa shape index (κ3) is 2.83. The second-order valence-electron chi connectivity index (χ2n) is 6.33. The molecule has 4 rings (SSSR count). The van der Waals surface area contributed by atoms with Gasteiger partial charge in [0.15, 0.2) is 0 Å². The fraction of sp³-hybridized carbons (Fsp3) is 0.100. The second-order valence-corrected chi connectivity index (χ2v) is 6.33. The summed E-state index contributed by atoms with van der Waals surface area (Å²) >= 11 is 0. The van der Waals surface area contributed by atoms with Crippen molar-refractivity contribution in [3.8, 4) is 11.4 Å². The monoisotopic (exact) mass is 366 g/mol.